The molecule has 0 spiro atoms. The monoisotopic (exact) mass is 349 g/mol. The van der Waals surface area contributed by atoms with Gasteiger partial charge >= 0.3 is 5.97 Å². The molecule has 0 aliphatic heterocycles. The number of rotatable bonds is 7. The molecule has 6 nitrogen and oxygen atoms in total. The van der Waals surface area contributed by atoms with Crippen molar-refractivity contribution >= 4 is 23.2 Å². The van der Waals surface area contributed by atoms with Gasteiger partial charge in [0.15, 0.2) is 18.1 Å². The van der Waals surface area contributed by atoms with Crippen LogP contribution in [0.5, 0.6) is 11.5 Å². The SMILES string of the molecule is COc1cccc(C(=O)OCC(=O)N[C@H](C)c2cccs2)c1OC. The molecule has 0 fully saturated rings. The third kappa shape index (κ3) is 4.26. The number of benzene rings is 1. The van der Waals surface area contributed by atoms with E-state index in [0.29, 0.717) is 5.75 Å². The summed E-state index contributed by atoms with van der Waals surface area (Å²) in [5, 5.41) is 4.72. The van der Waals surface area contributed by atoms with Gasteiger partial charge in [0.25, 0.3) is 5.91 Å². The Kier molecular flexibility index (Phi) is 6.20. The minimum atomic E-state index is -0.648. The van der Waals surface area contributed by atoms with Gasteiger partial charge in [0.1, 0.15) is 5.56 Å². The zero-order valence-electron chi connectivity index (χ0n) is 13.7. The van der Waals surface area contributed by atoms with Crippen LogP contribution >= 0.6 is 11.3 Å². The molecule has 2 aromatic rings. The van der Waals surface area contributed by atoms with Crippen molar-refractivity contribution in [1.82, 2.24) is 5.32 Å². The average Bonchev–Trinajstić information content (AvgIpc) is 3.13. The first-order valence-corrected chi connectivity index (χ1v) is 8.15. The molecule has 0 unspecified atom stereocenters. The van der Waals surface area contributed by atoms with E-state index in [4.69, 9.17) is 14.2 Å². The molecule has 0 radical (unpaired) electrons. The van der Waals surface area contributed by atoms with E-state index in [0.717, 1.165) is 4.88 Å². The Hall–Kier alpha value is -2.54. The number of ether oxygens (including phenoxy) is 3. The van der Waals surface area contributed by atoms with Gasteiger partial charge in [0.05, 0.1) is 20.3 Å². The highest BCUT2D eigenvalue weighted by Gasteiger charge is 2.19. The molecule has 1 amide bonds. The standard InChI is InChI=1S/C17H19NO5S/c1-11(14-8-5-9-24-14)18-15(19)10-23-17(20)12-6-4-7-13(21-2)16(12)22-3/h4-9,11H,10H2,1-3H3,(H,18,19)/t11-/m1/s1. The summed E-state index contributed by atoms with van der Waals surface area (Å²) in [6.45, 7) is 1.51. The summed E-state index contributed by atoms with van der Waals surface area (Å²) in [7, 11) is 2.91. The third-order valence-corrected chi connectivity index (χ3v) is 4.36. The second-order valence-corrected chi connectivity index (χ2v) is 5.90. The van der Waals surface area contributed by atoms with Crippen LogP contribution in [0.1, 0.15) is 28.2 Å². The van der Waals surface area contributed by atoms with Crippen molar-refractivity contribution in [1.29, 1.82) is 0 Å². The maximum Gasteiger partial charge on any atom is 0.342 e. The Bertz CT molecular complexity index is 699. The van der Waals surface area contributed by atoms with Gasteiger partial charge in [0, 0.05) is 4.88 Å². The van der Waals surface area contributed by atoms with Gasteiger partial charge in [-0.1, -0.05) is 12.1 Å². The number of methoxy groups -OCH3 is 2. The number of carbonyl (C=O) groups is 2. The molecule has 0 aliphatic carbocycles. The quantitative estimate of drug-likeness (QED) is 0.778. The van der Waals surface area contributed by atoms with E-state index in [-0.39, 0.29) is 29.9 Å². The van der Waals surface area contributed by atoms with Crippen LogP contribution in [-0.2, 0) is 9.53 Å². The molecule has 7 heteroatoms. The topological polar surface area (TPSA) is 73.9 Å². The number of para-hydroxylation sites is 1. The zero-order valence-corrected chi connectivity index (χ0v) is 14.5. The Morgan fingerprint density at radius 2 is 1.96 bits per heavy atom. The van der Waals surface area contributed by atoms with Crippen LogP contribution in [0.25, 0.3) is 0 Å². The third-order valence-electron chi connectivity index (χ3n) is 3.30. The lowest BCUT2D eigenvalue weighted by Crippen LogP contribution is -2.30. The smallest absolute Gasteiger partial charge is 0.342 e. The number of amides is 1. The van der Waals surface area contributed by atoms with Gasteiger partial charge in [-0.15, -0.1) is 11.3 Å². The highest BCUT2D eigenvalue weighted by Crippen LogP contribution is 2.31. The molecular weight excluding hydrogens is 330 g/mol. The zero-order chi connectivity index (χ0) is 17.5. The highest BCUT2D eigenvalue weighted by molar-refractivity contribution is 7.10. The van der Waals surface area contributed by atoms with Gasteiger partial charge in [-0.2, -0.15) is 0 Å². The number of esters is 1. The van der Waals surface area contributed by atoms with Crippen molar-refractivity contribution in [3.05, 3.63) is 46.2 Å². The minimum absolute atomic E-state index is 0.137. The van der Waals surface area contributed by atoms with E-state index in [1.807, 2.05) is 24.4 Å². The number of carbonyl (C=O) groups excluding carboxylic acids is 2. The Balaban J connectivity index is 1.94. The first-order valence-electron chi connectivity index (χ1n) is 7.27. The molecule has 0 aliphatic rings. The van der Waals surface area contributed by atoms with E-state index >= 15 is 0 Å². The summed E-state index contributed by atoms with van der Waals surface area (Å²) >= 11 is 1.55. The molecule has 24 heavy (non-hydrogen) atoms. The molecule has 1 aromatic heterocycles. The van der Waals surface area contributed by atoms with Gasteiger partial charge in [-0.05, 0) is 30.5 Å². The van der Waals surface area contributed by atoms with E-state index in [2.05, 4.69) is 5.32 Å². The van der Waals surface area contributed by atoms with Crippen LogP contribution < -0.4 is 14.8 Å². The van der Waals surface area contributed by atoms with Gasteiger partial charge in [0.2, 0.25) is 0 Å². The predicted octanol–water partition coefficient (Wildman–Crippen LogP) is 2.80. The summed E-state index contributed by atoms with van der Waals surface area (Å²) < 4.78 is 15.4. The summed E-state index contributed by atoms with van der Waals surface area (Å²) in [5.41, 5.74) is 0.205. The second kappa shape index (κ2) is 8.35. The van der Waals surface area contributed by atoms with E-state index < -0.39 is 5.97 Å². The number of hydrogen-bond acceptors (Lipinski definition) is 6. The fourth-order valence-corrected chi connectivity index (χ4v) is 2.88. The van der Waals surface area contributed by atoms with Gasteiger partial charge < -0.3 is 19.5 Å². The van der Waals surface area contributed by atoms with Crippen LogP contribution in [0.2, 0.25) is 0 Å². The summed E-state index contributed by atoms with van der Waals surface area (Å²) in [6.07, 6.45) is 0. The lowest BCUT2D eigenvalue weighted by atomic mass is 10.2. The second-order valence-electron chi connectivity index (χ2n) is 4.92. The van der Waals surface area contributed by atoms with Crippen molar-refractivity contribution in [3.63, 3.8) is 0 Å². The van der Waals surface area contributed by atoms with Crippen molar-refractivity contribution in [2.75, 3.05) is 20.8 Å². The molecule has 0 saturated carbocycles. The van der Waals surface area contributed by atoms with Crippen molar-refractivity contribution in [2.45, 2.75) is 13.0 Å². The fourth-order valence-electron chi connectivity index (χ4n) is 2.15. The fraction of sp³-hybridized carbons (Fsp3) is 0.294. The molecule has 1 atom stereocenters. The summed E-state index contributed by atoms with van der Waals surface area (Å²) in [4.78, 5) is 25.1. The number of nitrogens with one attached hydrogen (secondary N) is 1. The summed E-state index contributed by atoms with van der Waals surface area (Å²) in [5.74, 6) is -0.323. The van der Waals surface area contributed by atoms with Crippen LogP contribution in [0.3, 0.4) is 0 Å². The lowest BCUT2D eigenvalue weighted by Gasteiger charge is -2.14. The molecule has 0 saturated heterocycles. The van der Waals surface area contributed by atoms with Crippen LogP contribution in [0.15, 0.2) is 35.7 Å². The Morgan fingerprint density at radius 3 is 2.58 bits per heavy atom. The number of hydrogen-bond donors (Lipinski definition) is 1. The first-order chi connectivity index (χ1) is 11.6. The number of thiophene rings is 1. The highest BCUT2D eigenvalue weighted by atomic mass is 32.1. The van der Waals surface area contributed by atoms with E-state index in [9.17, 15) is 9.59 Å². The molecule has 1 N–H and O–H groups in total. The van der Waals surface area contributed by atoms with Gasteiger partial charge in [-0.3, -0.25) is 4.79 Å². The van der Waals surface area contributed by atoms with Crippen LogP contribution in [-0.4, -0.2) is 32.7 Å². The Labute approximate surface area is 144 Å². The van der Waals surface area contributed by atoms with Gasteiger partial charge in [-0.25, -0.2) is 4.79 Å². The average molecular weight is 349 g/mol. The maximum absolute atomic E-state index is 12.2. The molecule has 128 valence electrons. The Morgan fingerprint density at radius 1 is 1.17 bits per heavy atom. The van der Waals surface area contributed by atoms with Crippen LogP contribution in [0.4, 0.5) is 0 Å². The lowest BCUT2D eigenvalue weighted by molar-refractivity contribution is -0.124. The largest absolute Gasteiger partial charge is 0.493 e. The van der Waals surface area contributed by atoms with Crippen molar-refractivity contribution in [2.24, 2.45) is 0 Å². The van der Waals surface area contributed by atoms with E-state index in [1.54, 1.807) is 29.5 Å². The van der Waals surface area contributed by atoms with Crippen LogP contribution in [0, 0.1) is 0 Å². The maximum atomic E-state index is 12.2. The van der Waals surface area contributed by atoms with Crippen molar-refractivity contribution in [3.8, 4) is 11.5 Å². The first kappa shape index (κ1) is 17.8. The predicted molar refractivity (Wildman–Crippen MR) is 90.7 cm³/mol. The van der Waals surface area contributed by atoms with Crippen molar-refractivity contribution < 1.29 is 23.8 Å². The minimum Gasteiger partial charge on any atom is -0.493 e. The molecule has 1 heterocycles. The summed E-state index contributed by atoms with van der Waals surface area (Å²) in [6, 6.07) is 8.58. The molecule has 0 bridgehead atoms. The van der Waals surface area contributed by atoms with E-state index in [1.165, 1.54) is 14.2 Å². The molecule has 2 rings (SSSR count). The molecular formula is C17H19NO5S. The molecule has 1 aromatic carbocycles. The normalized spacial score (nSPS) is 11.5.